The quantitative estimate of drug-likeness (QED) is 0.621. The van der Waals surface area contributed by atoms with Crippen LogP contribution in [0.3, 0.4) is 0 Å². The lowest BCUT2D eigenvalue weighted by Gasteiger charge is -2.21. The summed E-state index contributed by atoms with van der Waals surface area (Å²) >= 11 is 0. The lowest BCUT2D eigenvalue weighted by atomic mass is 10.1. The highest BCUT2D eigenvalue weighted by molar-refractivity contribution is 5.98. The molecule has 5 rings (SSSR count). The molecule has 1 aromatic carbocycles. The molecule has 2 aliphatic rings. The van der Waals surface area contributed by atoms with Crippen LogP contribution in [0.4, 0.5) is 10.3 Å². The SMILES string of the molecule is Cc1cc(C)nc(N2C=C3CN(C(=O)c4c(F)cccc4-n4nccn4)CC3C2)n1.Cl. The van der Waals surface area contributed by atoms with Crippen molar-refractivity contribution < 1.29 is 9.18 Å². The molecule has 2 aliphatic heterocycles. The molecule has 0 aliphatic carbocycles. The normalized spacial score (nSPS) is 17.4. The number of amides is 1. The van der Waals surface area contributed by atoms with E-state index in [9.17, 15) is 9.18 Å². The van der Waals surface area contributed by atoms with E-state index in [-0.39, 0.29) is 29.8 Å². The molecule has 8 nitrogen and oxygen atoms in total. The van der Waals surface area contributed by atoms with Gasteiger partial charge in [-0.25, -0.2) is 14.4 Å². The number of carbonyl (C=O) groups is 1. The molecule has 4 heterocycles. The number of aromatic nitrogens is 5. The first kappa shape index (κ1) is 20.9. The van der Waals surface area contributed by atoms with Crippen LogP contribution < -0.4 is 4.90 Å². The molecule has 10 heteroatoms. The zero-order valence-corrected chi connectivity index (χ0v) is 17.9. The van der Waals surface area contributed by atoms with Crippen molar-refractivity contribution in [1.29, 1.82) is 0 Å². The third-order valence-electron chi connectivity index (χ3n) is 5.43. The predicted octanol–water partition coefficient (Wildman–Crippen LogP) is 2.71. The Bertz CT molecular complexity index is 1140. The van der Waals surface area contributed by atoms with Gasteiger partial charge < -0.3 is 9.80 Å². The van der Waals surface area contributed by atoms with Gasteiger partial charge in [0.25, 0.3) is 5.91 Å². The van der Waals surface area contributed by atoms with Crippen LogP contribution in [0.1, 0.15) is 21.7 Å². The van der Waals surface area contributed by atoms with E-state index in [1.54, 1.807) is 17.0 Å². The summed E-state index contributed by atoms with van der Waals surface area (Å²) in [7, 11) is 0. The van der Waals surface area contributed by atoms with Crippen molar-refractivity contribution >= 4 is 24.3 Å². The molecule has 0 saturated carbocycles. The molecule has 31 heavy (non-hydrogen) atoms. The molecule has 1 amide bonds. The van der Waals surface area contributed by atoms with Gasteiger partial charge in [0.2, 0.25) is 5.95 Å². The number of nitrogens with zero attached hydrogens (tertiary/aromatic N) is 7. The van der Waals surface area contributed by atoms with Crippen molar-refractivity contribution in [2.24, 2.45) is 5.92 Å². The second-order valence-corrected chi connectivity index (χ2v) is 7.64. The molecule has 1 fully saturated rings. The van der Waals surface area contributed by atoms with Crippen LogP contribution in [0.2, 0.25) is 0 Å². The monoisotopic (exact) mass is 441 g/mol. The first-order chi connectivity index (χ1) is 14.5. The summed E-state index contributed by atoms with van der Waals surface area (Å²) in [5.74, 6) is -0.0826. The second kappa shape index (κ2) is 8.07. The summed E-state index contributed by atoms with van der Waals surface area (Å²) in [4.78, 5) is 27.2. The number of benzene rings is 1. The number of rotatable bonds is 3. The Labute approximate surface area is 184 Å². The summed E-state index contributed by atoms with van der Waals surface area (Å²) < 4.78 is 14.6. The molecule has 3 aromatic rings. The Morgan fingerprint density at radius 1 is 1.10 bits per heavy atom. The summed E-state index contributed by atoms with van der Waals surface area (Å²) in [6.07, 6.45) is 5.01. The maximum absolute atomic E-state index is 14.6. The molecule has 1 saturated heterocycles. The van der Waals surface area contributed by atoms with Gasteiger partial charge >= 0.3 is 0 Å². The highest BCUT2D eigenvalue weighted by Gasteiger charge is 2.38. The van der Waals surface area contributed by atoms with E-state index in [0.29, 0.717) is 31.3 Å². The van der Waals surface area contributed by atoms with Gasteiger partial charge in [-0.15, -0.1) is 12.4 Å². The number of halogens is 2. The summed E-state index contributed by atoms with van der Waals surface area (Å²) in [6.45, 7) is 5.57. The molecular formula is C21H21ClFN7O. The third kappa shape index (κ3) is 3.76. The zero-order valence-electron chi connectivity index (χ0n) is 17.1. The van der Waals surface area contributed by atoms with E-state index in [1.165, 1.54) is 23.3 Å². The van der Waals surface area contributed by atoms with Gasteiger partial charge in [0.15, 0.2) is 0 Å². The van der Waals surface area contributed by atoms with Crippen molar-refractivity contribution in [2.75, 3.05) is 24.5 Å². The molecule has 2 aromatic heterocycles. The van der Waals surface area contributed by atoms with Crippen molar-refractivity contribution in [3.05, 3.63) is 71.2 Å². The molecule has 0 N–H and O–H groups in total. The maximum atomic E-state index is 14.6. The van der Waals surface area contributed by atoms with E-state index >= 15 is 0 Å². The third-order valence-corrected chi connectivity index (χ3v) is 5.43. The van der Waals surface area contributed by atoms with Crippen molar-refractivity contribution in [1.82, 2.24) is 29.9 Å². The molecular weight excluding hydrogens is 421 g/mol. The average molecular weight is 442 g/mol. The highest BCUT2D eigenvalue weighted by Crippen LogP contribution is 2.33. The largest absolute Gasteiger partial charge is 0.334 e. The molecule has 0 bridgehead atoms. The van der Waals surface area contributed by atoms with Crippen molar-refractivity contribution in [3.63, 3.8) is 0 Å². The number of fused-ring (bicyclic) bond motifs is 1. The van der Waals surface area contributed by atoms with Crippen molar-refractivity contribution in [3.8, 4) is 5.69 Å². The van der Waals surface area contributed by atoms with E-state index in [2.05, 4.69) is 20.2 Å². The van der Waals surface area contributed by atoms with E-state index in [0.717, 1.165) is 17.0 Å². The molecule has 0 radical (unpaired) electrons. The Balaban J connectivity index is 0.00000231. The van der Waals surface area contributed by atoms with Gasteiger partial charge in [-0.3, -0.25) is 4.79 Å². The van der Waals surface area contributed by atoms with Crippen LogP contribution in [0.15, 0.2) is 48.4 Å². The van der Waals surface area contributed by atoms with Crippen LogP contribution in [0.5, 0.6) is 0 Å². The lowest BCUT2D eigenvalue weighted by Crippen LogP contribution is -2.33. The Morgan fingerprint density at radius 3 is 2.48 bits per heavy atom. The smallest absolute Gasteiger partial charge is 0.259 e. The molecule has 160 valence electrons. The van der Waals surface area contributed by atoms with Crippen molar-refractivity contribution in [2.45, 2.75) is 13.8 Å². The van der Waals surface area contributed by atoms with Gasteiger partial charge in [-0.05, 0) is 37.6 Å². The summed E-state index contributed by atoms with van der Waals surface area (Å²) in [5, 5.41) is 8.10. The van der Waals surface area contributed by atoms with Gasteiger partial charge in [0, 0.05) is 43.1 Å². The van der Waals surface area contributed by atoms with Crippen LogP contribution >= 0.6 is 12.4 Å². The van der Waals surface area contributed by atoms with E-state index in [4.69, 9.17) is 0 Å². The fraction of sp³-hybridized carbons (Fsp3) is 0.286. The number of hydrogen-bond acceptors (Lipinski definition) is 6. The van der Waals surface area contributed by atoms with Gasteiger partial charge in [0.05, 0.1) is 12.4 Å². The summed E-state index contributed by atoms with van der Waals surface area (Å²) in [5.41, 5.74) is 3.29. The minimum atomic E-state index is -0.578. The maximum Gasteiger partial charge on any atom is 0.259 e. The van der Waals surface area contributed by atoms with Gasteiger partial charge in [-0.2, -0.15) is 15.0 Å². The first-order valence-corrected chi connectivity index (χ1v) is 9.73. The second-order valence-electron chi connectivity index (χ2n) is 7.64. The number of hydrogen-bond donors (Lipinski definition) is 0. The lowest BCUT2D eigenvalue weighted by molar-refractivity contribution is 0.0784. The molecule has 1 unspecified atom stereocenters. The summed E-state index contributed by atoms with van der Waals surface area (Å²) in [6, 6.07) is 6.42. The predicted molar refractivity (Wildman–Crippen MR) is 115 cm³/mol. The molecule has 0 spiro atoms. The van der Waals surface area contributed by atoms with Crippen LogP contribution in [0, 0.1) is 25.6 Å². The number of likely N-dealkylation sites (tertiary alicyclic amines) is 1. The van der Waals surface area contributed by atoms with E-state index in [1.807, 2.05) is 31.0 Å². The fourth-order valence-corrected chi connectivity index (χ4v) is 4.13. The molecule has 1 atom stereocenters. The Hall–Kier alpha value is -3.33. The first-order valence-electron chi connectivity index (χ1n) is 9.73. The van der Waals surface area contributed by atoms with Crippen LogP contribution in [0.25, 0.3) is 5.69 Å². The topological polar surface area (TPSA) is 80.0 Å². The van der Waals surface area contributed by atoms with Gasteiger partial charge in [0.1, 0.15) is 17.1 Å². The zero-order chi connectivity index (χ0) is 20.8. The van der Waals surface area contributed by atoms with Crippen LogP contribution in [-0.2, 0) is 0 Å². The van der Waals surface area contributed by atoms with Crippen LogP contribution in [-0.4, -0.2) is 55.4 Å². The number of anilines is 1. The fourth-order valence-electron chi connectivity index (χ4n) is 4.13. The minimum absolute atomic E-state index is 0. The average Bonchev–Trinajstić information content (AvgIpc) is 3.43. The highest BCUT2D eigenvalue weighted by atomic mass is 35.5. The minimum Gasteiger partial charge on any atom is -0.334 e. The Morgan fingerprint density at radius 2 is 1.81 bits per heavy atom. The number of aryl methyl sites for hydroxylation is 2. The standard InChI is InChI=1S/C21H20FN7O.ClH/c1-13-8-14(2)26-21(25-13)28-11-15-9-27(10-16(15)12-28)20(30)19-17(22)4-3-5-18(19)29-23-6-7-24-29;/h3-8,11,16H,9-10,12H2,1-2H3;1H. The number of carbonyl (C=O) groups excluding carboxylic acids is 1. The van der Waals surface area contributed by atoms with E-state index < -0.39 is 5.82 Å². The Kier molecular flexibility index (Phi) is 5.45. The van der Waals surface area contributed by atoms with Gasteiger partial charge in [-0.1, -0.05) is 6.07 Å².